The predicted molar refractivity (Wildman–Crippen MR) is 57.2 cm³/mol. The highest BCUT2D eigenvalue weighted by Crippen LogP contribution is 2.18. The van der Waals surface area contributed by atoms with Gasteiger partial charge < -0.3 is 15.2 Å². The van der Waals surface area contributed by atoms with Gasteiger partial charge in [-0.2, -0.15) is 0 Å². The zero-order valence-corrected chi connectivity index (χ0v) is 9.21. The molecule has 1 fully saturated rings. The summed E-state index contributed by atoms with van der Waals surface area (Å²) in [6, 6.07) is 0. The maximum Gasteiger partial charge on any atom is 0.0697 e. The third-order valence-electron chi connectivity index (χ3n) is 2.72. The Morgan fingerprint density at radius 2 is 2.29 bits per heavy atom. The minimum atomic E-state index is 0.293. The molecule has 3 nitrogen and oxygen atoms in total. The van der Waals surface area contributed by atoms with E-state index in [1.807, 2.05) is 0 Å². The Kier molecular flexibility index (Phi) is 6.15. The van der Waals surface area contributed by atoms with E-state index >= 15 is 0 Å². The predicted octanol–water partition coefficient (Wildman–Crippen LogP) is 1.56. The van der Waals surface area contributed by atoms with E-state index < -0.39 is 0 Å². The van der Waals surface area contributed by atoms with Gasteiger partial charge >= 0.3 is 0 Å². The minimum absolute atomic E-state index is 0.293. The van der Waals surface area contributed by atoms with E-state index in [-0.39, 0.29) is 0 Å². The van der Waals surface area contributed by atoms with Crippen LogP contribution in [0, 0.1) is 5.92 Å². The van der Waals surface area contributed by atoms with Crippen LogP contribution in [0.25, 0.3) is 0 Å². The van der Waals surface area contributed by atoms with Gasteiger partial charge in [0.2, 0.25) is 0 Å². The smallest absolute Gasteiger partial charge is 0.0697 e. The Morgan fingerprint density at radius 3 is 2.86 bits per heavy atom. The zero-order valence-electron chi connectivity index (χ0n) is 9.21. The van der Waals surface area contributed by atoms with Gasteiger partial charge in [0.15, 0.2) is 0 Å². The van der Waals surface area contributed by atoms with E-state index in [0.717, 1.165) is 26.2 Å². The average molecular weight is 201 g/mol. The van der Waals surface area contributed by atoms with Crippen LogP contribution in [0.5, 0.6) is 0 Å². The van der Waals surface area contributed by atoms with Gasteiger partial charge in [0.1, 0.15) is 0 Å². The number of nitrogens with two attached hydrogens (primary N) is 1. The number of rotatable bonds is 6. The Morgan fingerprint density at radius 1 is 1.43 bits per heavy atom. The molecule has 0 aromatic heterocycles. The molecule has 14 heavy (non-hydrogen) atoms. The highest BCUT2D eigenvalue weighted by Gasteiger charge is 2.20. The molecule has 0 spiro atoms. The third-order valence-corrected chi connectivity index (χ3v) is 2.72. The summed E-state index contributed by atoms with van der Waals surface area (Å²) in [4.78, 5) is 0. The summed E-state index contributed by atoms with van der Waals surface area (Å²) in [6.45, 7) is 5.42. The van der Waals surface area contributed by atoms with Crippen molar-refractivity contribution >= 4 is 0 Å². The molecule has 0 bridgehead atoms. The molecule has 3 heteroatoms. The quantitative estimate of drug-likeness (QED) is 0.663. The van der Waals surface area contributed by atoms with Crippen molar-refractivity contribution in [2.75, 3.05) is 26.4 Å². The summed E-state index contributed by atoms with van der Waals surface area (Å²) in [5, 5.41) is 0. The first-order valence-electron chi connectivity index (χ1n) is 5.76. The summed E-state index contributed by atoms with van der Waals surface area (Å²) in [7, 11) is 0. The Balaban J connectivity index is 1.98. The van der Waals surface area contributed by atoms with E-state index in [0.29, 0.717) is 18.6 Å². The normalized spacial score (nSPS) is 27.9. The summed E-state index contributed by atoms with van der Waals surface area (Å²) in [5.74, 6) is 0.592. The fraction of sp³-hybridized carbons (Fsp3) is 1.00. The van der Waals surface area contributed by atoms with Crippen molar-refractivity contribution in [3.63, 3.8) is 0 Å². The average Bonchev–Trinajstić information content (AvgIpc) is 2.25. The molecular formula is C11H23NO2. The number of hydrogen-bond donors (Lipinski definition) is 1. The van der Waals surface area contributed by atoms with Crippen molar-refractivity contribution in [2.45, 2.75) is 38.7 Å². The van der Waals surface area contributed by atoms with Crippen LogP contribution in [0.15, 0.2) is 0 Å². The number of unbranched alkanes of at least 4 members (excludes halogenated alkanes) is 1. The van der Waals surface area contributed by atoms with Crippen LogP contribution in [0.4, 0.5) is 0 Å². The van der Waals surface area contributed by atoms with Crippen molar-refractivity contribution in [3.8, 4) is 0 Å². The number of ether oxygens (including phenoxy) is 2. The van der Waals surface area contributed by atoms with Gasteiger partial charge in [0, 0.05) is 19.1 Å². The molecular weight excluding hydrogens is 178 g/mol. The first-order chi connectivity index (χ1) is 6.86. The minimum Gasteiger partial charge on any atom is -0.381 e. The van der Waals surface area contributed by atoms with E-state index in [2.05, 4.69) is 6.92 Å². The van der Waals surface area contributed by atoms with Gasteiger partial charge in [-0.15, -0.1) is 0 Å². The van der Waals surface area contributed by atoms with Crippen molar-refractivity contribution in [3.05, 3.63) is 0 Å². The highest BCUT2D eigenvalue weighted by atomic mass is 16.5. The van der Waals surface area contributed by atoms with E-state index in [9.17, 15) is 0 Å². The van der Waals surface area contributed by atoms with Crippen LogP contribution in [0.1, 0.15) is 32.6 Å². The largest absolute Gasteiger partial charge is 0.381 e. The second kappa shape index (κ2) is 7.21. The van der Waals surface area contributed by atoms with Crippen molar-refractivity contribution < 1.29 is 9.47 Å². The van der Waals surface area contributed by atoms with Crippen molar-refractivity contribution in [1.29, 1.82) is 0 Å². The maximum absolute atomic E-state index is 5.59. The SMILES string of the molecule is CCCCOC[C@@H]1CCC(CN)OC1. The Labute approximate surface area is 86.9 Å². The Bertz CT molecular complexity index is 133. The van der Waals surface area contributed by atoms with Gasteiger partial charge in [0.05, 0.1) is 19.3 Å². The zero-order chi connectivity index (χ0) is 10.2. The molecule has 0 amide bonds. The molecule has 2 N–H and O–H groups in total. The van der Waals surface area contributed by atoms with Crippen LogP contribution in [0.3, 0.4) is 0 Å². The molecule has 1 heterocycles. The topological polar surface area (TPSA) is 44.5 Å². The lowest BCUT2D eigenvalue weighted by atomic mass is 9.99. The van der Waals surface area contributed by atoms with Crippen LogP contribution in [-0.2, 0) is 9.47 Å². The van der Waals surface area contributed by atoms with Gasteiger partial charge in [-0.1, -0.05) is 13.3 Å². The second-order valence-corrected chi connectivity index (χ2v) is 4.06. The van der Waals surface area contributed by atoms with Crippen molar-refractivity contribution in [1.82, 2.24) is 0 Å². The fourth-order valence-corrected chi connectivity index (χ4v) is 1.67. The third kappa shape index (κ3) is 4.40. The van der Waals surface area contributed by atoms with Crippen LogP contribution < -0.4 is 5.73 Å². The molecule has 0 aromatic carbocycles. The lowest BCUT2D eigenvalue weighted by Gasteiger charge is -2.28. The standard InChI is InChI=1S/C11H23NO2/c1-2-3-6-13-8-10-4-5-11(7-12)14-9-10/h10-11H,2-9,12H2,1H3/t10-,11?/m0/s1. The summed E-state index contributed by atoms with van der Waals surface area (Å²) in [5.41, 5.74) is 5.53. The van der Waals surface area contributed by atoms with Crippen LogP contribution in [-0.4, -0.2) is 32.5 Å². The first kappa shape index (κ1) is 12.0. The molecule has 0 aromatic rings. The van der Waals surface area contributed by atoms with E-state index in [1.54, 1.807) is 0 Å². The monoisotopic (exact) mass is 201 g/mol. The molecule has 1 saturated heterocycles. The Hall–Kier alpha value is -0.120. The summed E-state index contributed by atoms with van der Waals surface area (Å²) < 4.78 is 11.2. The second-order valence-electron chi connectivity index (χ2n) is 4.06. The molecule has 1 unspecified atom stereocenters. The van der Waals surface area contributed by atoms with Crippen LogP contribution >= 0.6 is 0 Å². The molecule has 0 aliphatic carbocycles. The molecule has 1 rings (SSSR count). The highest BCUT2D eigenvalue weighted by molar-refractivity contribution is 4.70. The lowest BCUT2D eigenvalue weighted by molar-refractivity contribution is -0.0379. The first-order valence-corrected chi connectivity index (χ1v) is 5.76. The van der Waals surface area contributed by atoms with Gasteiger partial charge in [-0.05, 0) is 19.3 Å². The van der Waals surface area contributed by atoms with E-state index in [1.165, 1.54) is 19.3 Å². The molecule has 2 atom stereocenters. The molecule has 0 saturated carbocycles. The number of hydrogen-bond acceptors (Lipinski definition) is 3. The van der Waals surface area contributed by atoms with Gasteiger partial charge in [-0.25, -0.2) is 0 Å². The molecule has 84 valence electrons. The maximum atomic E-state index is 5.59. The van der Waals surface area contributed by atoms with Crippen LogP contribution in [0.2, 0.25) is 0 Å². The fourth-order valence-electron chi connectivity index (χ4n) is 1.67. The van der Waals surface area contributed by atoms with Gasteiger partial charge in [0.25, 0.3) is 0 Å². The molecule has 0 radical (unpaired) electrons. The summed E-state index contributed by atoms with van der Waals surface area (Å²) >= 11 is 0. The van der Waals surface area contributed by atoms with E-state index in [4.69, 9.17) is 15.2 Å². The molecule has 1 aliphatic heterocycles. The molecule has 1 aliphatic rings. The lowest BCUT2D eigenvalue weighted by Crippen LogP contribution is -2.33. The van der Waals surface area contributed by atoms with Gasteiger partial charge in [-0.3, -0.25) is 0 Å². The van der Waals surface area contributed by atoms with Crippen molar-refractivity contribution in [2.24, 2.45) is 11.7 Å². The summed E-state index contributed by atoms with van der Waals surface area (Å²) in [6.07, 6.45) is 4.96.